The van der Waals surface area contributed by atoms with E-state index in [4.69, 9.17) is 21.1 Å². The van der Waals surface area contributed by atoms with Crippen LogP contribution in [0.25, 0.3) is 11.1 Å². The van der Waals surface area contributed by atoms with Crippen LogP contribution in [-0.2, 0) is 9.53 Å². The fourth-order valence-electron chi connectivity index (χ4n) is 3.06. The van der Waals surface area contributed by atoms with E-state index in [1.165, 1.54) is 11.3 Å². The summed E-state index contributed by atoms with van der Waals surface area (Å²) in [7, 11) is 0. The Hall–Kier alpha value is -2.83. The van der Waals surface area contributed by atoms with Crippen LogP contribution in [0.2, 0.25) is 5.02 Å². The molecule has 0 bridgehead atoms. The second-order valence-corrected chi connectivity index (χ2v) is 8.23. The Bertz CT molecular complexity index is 1060. The number of anilines is 1. The molecule has 1 amide bonds. The Kier molecular flexibility index (Phi) is 7.13. The van der Waals surface area contributed by atoms with Gasteiger partial charge in [-0.2, -0.15) is 0 Å². The molecule has 3 aromatic rings. The summed E-state index contributed by atoms with van der Waals surface area (Å²) in [6.45, 7) is 5.57. The molecule has 0 saturated heterocycles. The van der Waals surface area contributed by atoms with E-state index in [9.17, 15) is 9.59 Å². The van der Waals surface area contributed by atoms with Crippen molar-refractivity contribution in [3.63, 3.8) is 0 Å². The molecule has 0 aliphatic heterocycles. The lowest BCUT2D eigenvalue weighted by Crippen LogP contribution is -2.21. The number of hydrogen-bond acceptors (Lipinski definition) is 5. The molecule has 156 valence electrons. The third kappa shape index (κ3) is 5.01. The number of esters is 1. The van der Waals surface area contributed by atoms with Crippen LogP contribution in [0.4, 0.5) is 5.00 Å². The molecule has 5 nitrogen and oxygen atoms in total. The highest BCUT2D eigenvalue weighted by molar-refractivity contribution is 7.17. The van der Waals surface area contributed by atoms with Crippen molar-refractivity contribution in [2.45, 2.75) is 20.8 Å². The first-order chi connectivity index (χ1) is 14.4. The van der Waals surface area contributed by atoms with E-state index in [0.717, 1.165) is 21.6 Å². The molecule has 7 heteroatoms. The van der Waals surface area contributed by atoms with Crippen LogP contribution in [0.5, 0.6) is 5.75 Å². The highest BCUT2D eigenvalue weighted by atomic mass is 35.5. The Balaban J connectivity index is 1.84. The molecule has 0 atom stereocenters. The zero-order chi connectivity index (χ0) is 21.7. The molecule has 3 rings (SSSR count). The highest BCUT2D eigenvalue weighted by Gasteiger charge is 2.25. The summed E-state index contributed by atoms with van der Waals surface area (Å²) in [6.07, 6.45) is 0. The summed E-state index contributed by atoms with van der Waals surface area (Å²) in [4.78, 5) is 26.2. The fraction of sp³-hybridized carbons (Fsp3) is 0.217. The number of nitrogens with one attached hydrogen (secondary N) is 1. The van der Waals surface area contributed by atoms with Gasteiger partial charge in [-0.25, -0.2) is 4.79 Å². The number of benzene rings is 2. The predicted molar refractivity (Wildman–Crippen MR) is 121 cm³/mol. The number of halogens is 1. The number of rotatable bonds is 7. The van der Waals surface area contributed by atoms with E-state index < -0.39 is 5.97 Å². The van der Waals surface area contributed by atoms with Gasteiger partial charge in [-0.05, 0) is 50.1 Å². The van der Waals surface area contributed by atoms with Crippen molar-refractivity contribution in [1.82, 2.24) is 0 Å². The summed E-state index contributed by atoms with van der Waals surface area (Å²) >= 11 is 7.29. The first-order valence-corrected chi connectivity index (χ1v) is 10.6. The van der Waals surface area contributed by atoms with Gasteiger partial charge in [-0.1, -0.05) is 41.9 Å². The van der Waals surface area contributed by atoms with Gasteiger partial charge in [0.25, 0.3) is 5.91 Å². The maximum Gasteiger partial charge on any atom is 0.341 e. The quantitative estimate of drug-likeness (QED) is 0.463. The van der Waals surface area contributed by atoms with Crippen molar-refractivity contribution in [2.75, 3.05) is 18.5 Å². The smallest absolute Gasteiger partial charge is 0.341 e. The average molecular weight is 444 g/mol. The molecule has 0 saturated carbocycles. The van der Waals surface area contributed by atoms with Gasteiger partial charge in [0.2, 0.25) is 0 Å². The van der Waals surface area contributed by atoms with E-state index in [1.807, 2.05) is 44.2 Å². The monoisotopic (exact) mass is 443 g/mol. The van der Waals surface area contributed by atoms with Crippen LogP contribution in [0, 0.1) is 13.8 Å². The molecular formula is C23H22ClNO4S. The SMILES string of the molecule is CCOC(=O)c1c(NC(=O)COc2ccc(Cl)cc2C)sc(C)c1-c1ccccc1. The summed E-state index contributed by atoms with van der Waals surface area (Å²) < 4.78 is 10.9. The molecule has 1 aromatic heterocycles. The van der Waals surface area contributed by atoms with Crippen molar-refractivity contribution in [3.8, 4) is 16.9 Å². The maximum absolute atomic E-state index is 12.7. The van der Waals surface area contributed by atoms with Crippen molar-refractivity contribution < 1.29 is 19.1 Å². The van der Waals surface area contributed by atoms with Crippen molar-refractivity contribution in [3.05, 3.63) is 69.6 Å². The summed E-state index contributed by atoms with van der Waals surface area (Å²) in [6, 6.07) is 14.8. The van der Waals surface area contributed by atoms with Gasteiger partial charge in [0.15, 0.2) is 6.61 Å². The number of carbonyl (C=O) groups is 2. The standard InChI is InChI=1S/C23H22ClNO4S/c1-4-28-23(27)21-20(16-8-6-5-7-9-16)15(3)30-22(21)25-19(26)13-29-18-11-10-17(24)12-14(18)2/h5-12H,4,13H2,1-3H3,(H,25,26). The van der Waals surface area contributed by atoms with Gasteiger partial charge in [0.05, 0.1) is 6.61 Å². The van der Waals surface area contributed by atoms with Gasteiger partial charge in [0.1, 0.15) is 16.3 Å². The predicted octanol–water partition coefficient (Wildman–Crippen LogP) is 5.88. The molecule has 0 spiro atoms. The molecule has 0 aliphatic rings. The van der Waals surface area contributed by atoms with Gasteiger partial charge < -0.3 is 14.8 Å². The Morgan fingerprint density at radius 1 is 1.10 bits per heavy atom. The minimum atomic E-state index is -0.467. The largest absolute Gasteiger partial charge is 0.483 e. The van der Waals surface area contributed by atoms with Crippen LogP contribution >= 0.6 is 22.9 Å². The highest BCUT2D eigenvalue weighted by Crippen LogP contribution is 2.40. The molecule has 1 heterocycles. The Morgan fingerprint density at radius 2 is 1.83 bits per heavy atom. The molecule has 0 fully saturated rings. The number of aryl methyl sites for hydroxylation is 2. The first kappa shape index (κ1) is 21.9. The molecule has 0 radical (unpaired) electrons. The van der Waals surface area contributed by atoms with Crippen LogP contribution in [0.15, 0.2) is 48.5 Å². The van der Waals surface area contributed by atoms with E-state index in [1.54, 1.807) is 25.1 Å². The summed E-state index contributed by atoms with van der Waals surface area (Å²) in [5.74, 6) is -0.256. The molecule has 0 unspecified atom stereocenters. The molecule has 1 N–H and O–H groups in total. The van der Waals surface area contributed by atoms with Crippen LogP contribution < -0.4 is 10.1 Å². The Labute approximate surface area is 184 Å². The number of amides is 1. The van der Waals surface area contributed by atoms with Crippen LogP contribution in [-0.4, -0.2) is 25.1 Å². The van der Waals surface area contributed by atoms with Gasteiger partial charge >= 0.3 is 5.97 Å². The minimum Gasteiger partial charge on any atom is -0.483 e. The summed E-state index contributed by atoms with van der Waals surface area (Å²) in [5, 5.41) is 3.86. The fourth-order valence-corrected chi connectivity index (χ4v) is 4.37. The average Bonchev–Trinajstić information content (AvgIpc) is 3.03. The summed E-state index contributed by atoms with van der Waals surface area (Å²) in [5.41, 5.74) is 2.86. The lowest BCUT2D eigenvalue weighted by atomic mass is 10.0. The molecule has 0 aliphatic carbocycles. The van der Waals surface area contributed by atoms with E-state index in [2.05, 4.69) is 5.32 Å². The van der Waals surface area contributed by atoms with Crippen molar-refractivity contribution in [2.24, 2.45) is 0 Å². The maximum atomic E-state index is 12.7. The number of carbonyl (C=O) groups excluding carboxylic acids is 2. The van der Waals surface area contributed by atoms with Gasteiger partial charge in [0, 0.05) is 15.5 Å². The second kappa shape index (κ2) is 9.78. The van der Waals surface area contributed by atoms with E-state index in [0.29, 0.717) is 21.3 Å². The van der Waals surface area contributed by atoms with Crippen molar-refractivity contribution >= 4 is 39.8 Å². The topological polar surface area (TPSA) is 64.6 Å². The normalized spacial score (nSPS) is 10.5. The Morgan fingerprint density at radius 3 is 2.50 bits per heavy atom. The third-order valence-electron chi connectivity index (χ3n) is 4.37. The van der Waals surface area contributed by atoms with Gasteiger partial charge in [-0.3, -0.25) is 4.79 Å². The van der Waals surface area contributed by atoms with Crippen LogP contribution in [0.3, 0.4) is 0 Å². The zero-order valence-electron chi connectivity index (χ0n) is 17.0. The van der Waals surface area contributed by atoms with E-state index in [-0.39, 0.29) is 19.1 Å². The lowest BCUT2D eigenvalue weighted by molar-refractivity contribution is -0.118. The molecular weight excluding hydrogens is 422 g/mol. The lowest BCUT2D eigenvalue weighted by Gasteiger charge is -2.11. The second-order valence-electron chi connectivity index (χ2n) is 6.57. The minimum absolute atomic E-state index is 0.192. The first-order valence-electron chi connectivity index (χ1n) is 9.45. The number of hydrogen-bond donors (Lipinski definition) is 1. The van der Waals surface area contributed by atoms with E-state index >= 15 is 0 Å². The van der Waals surface area contributed by atoms with Gasteiger partial charge in [-0.15, -0.1) is 11.3 Å². The third-order valence-corrected chi connectivity index (χ3v) is 5.63. The number of ether oxygens (including phenoxy) is 2. The zero-order valence-corrected chi connectivity index (χ0v) is 18.5. The molecule has 30 heavy (non-hydrogen) atoms. The van der Waals surface area contributed by atoms with Crippen LogP contribution in [0.1, 0.15) is 27.7 Å². The number of thiophene rings is 1. The molecule has 2 aromatic carbocycles. The van der Waals surface area contributed by atoms with Crippen molar-refractivity contribution in [1.29, 1.82) is 0 Å².